The molecule has 2 heterocycles. The van der Waals surface area contributed by atoms with Crippen molar-refractivity contribution < 1.29 is 4.79 Å². The van der Waals surface area contributed by atoms with E-state index < -0.39 is 0 Å². The van der Waals surface area contributed by atoms with Crippen LogP contribution in [0.5, 0.6) is 0 Å². The van der Waals surface area contributed by atoms with Crippen molar-refractivity contribution >= 4 is 5.91 Å². The van der Waals surface area contributed by atoms with Crippen molar-refractivity contribution in [1.29, 1.82) is 0 Å². The molecule has 1 aliphatic heterocycles. The van der Waals surface area contributed by atoms with E-state index >= 15 is 0 Å². The Bertz CT molecular complexity index is 438. The molecule has 0 saturated carbocycles. The van der Waals surface area contributed by atoms with Gasteiger partial charge in [-0.15, -0.1) is 0 Å². The maximum absolute atomic E-state index is 12.2. The zero-order valence-corrected chi connectivity index (χ0v) is 11.5. The predicted octanol–water partition coefficient (Wildman–Crippen LogP) is 1.83. The molecule has 1 amide bonds. The van der Waals surface area contributed by atoms with Gasteiger partial charge in [-0.25, -0.2) is 0 Å². The SMILES string of the molecule is CCC(N)CC(=O)N1CCn2c(C)ccc2C1C. The molecule has 2 N–H and O–H groups in total. The molecule has 1 aliphatic rings. The number of rotatable bonds is 3. The van der Waals surface area contributed by atoms with Crippen molar-refractivity contribution in [3.05, 3.63) is 23.5 Å². The number of fused-ring (bicyclic) bond motifs is 1. The third-order valence-electron chi connectivity index (χ3n) is 3.97. The van der Waals surface area contributed by atoms with Crippen LogP contribution < -0.4 is 5.73 Å². The first-order valence-electron chi connectivity index (χ1n) is 6.75. The summed E-state index contributed by atoms with van der Waals surface area (Å²) in [5.74, 6) is 0.182. The standard InChI is InChI=1S/C14H23N3O/c1-4-12(15)9-14(18)17-8-7-16-10(2)5-6-13(16)11(17)3/h5-6,11-12H,4,7-9,15H2,1-3H3. The van der Waals surface area contributed by atoms with Crippen molar-refractivity contribution in [2.45, 2.75) is 52.2 Å². The van der Waals surface area contributed by atoms with E-state index in [9.17, 15) is 4.79 Å². The molecule has 18 heavy (non-hydrogen) atoms. The summed E-state index contributed by atoms with van der Waals surface area (Å²) in [6.45, 7) is 7.91. The number of hydrogen-bond acceptors (Lipinski definition) is 2. The number of amides is 1. The van der Waals surface area contributed by atoms with Gasteiger partial charge in [0, 0.05) is 36.9 Å². The molecular formula is C14H23N3O. The minimum atomic E-state index is -0.0138. The summed E-state index contributed by atoms with van der Waals surface area (Å²) < 4.78 is 2.30. The van der Waals surface area contributed by atoms with Crippen molar-refractivity contribution in [1.82, 2.24) is 9.47 Å². The maximum atomic E-state index is 12.2. The third-order valence-corrected chi connectivity index (χ3v) is 3.97. The van der Waals surface area contributed by atoms with Crippen LogP contribution in [0.2, 0.25) is 0 Å². The number of carbonyl (C=O) groups excluding carboxylic acids is 1. The Kier molecular flexibility index (Phi) is 3.76. The molecule has 4 nitrogen and oxygen atoms in total. The van der Waals surface area contributed by atoms with Gasteiger partial charge in [0.15, 0.2) is 0 Å². The lowest BCUT2D eigenvalue weighted by Gasteiger charge is -2.36. The highest BCUT2D eigenvalue weighted by molar-refractivity contribution is 5.77. The Morgan fingerprint density at radius 3 is 2.89 bits per heavy atom. The van der Waals surface area contributed by atoms with Crippen molar-refractivity contribution in [2.75, 3.05) is 6.54 Å². The molecule has 2 atom stereocenters. The van der Waals surface area contributed by atoms with E-state index in [-0.39, 0.29) is 18.0 Å². The summed E-state index contributed by atoms with van der Waals surface area (Å²) in [4.78, 5) is 14.2. The molecule has 0 fully saturated rings. The monoisotopic (exact) mass is 249 g/mol. The summed E-state index contributed by atoms with van der Waals surface area (Å²) in [5, 5.41) is 0. The summed E-state index contributed by atoms with van der Waals surface area (Å²) in [6.07, 6.45) is 1.31. The Morgan fingerprint density at radius 1 is 1.50 bits per heavy atom. The number of carbonyl (C=O) groups is 1. The van der Waals surface area contributed by atoms with Gasteiger partial charge >= 0.3 is 0 Å². The van der Waals surface area contributed by atoms with Crippen molar-refractivity contribution in [3.8, 4) is 0 Å². The van der Waals surface area contributed by atoms with E-state index in [1.807, 2.05) is 11.8 Å². The zero-order valence-electron chi connectivity index (χ0n) is 11.5. The summed E-state index contributed by atoms with van der Waals surface area (Å²) in [6, 6.07) is 4.39. The summed E-state index contributed by atoms with van der Waals surface area (Å²) in [7, 11) is 0. The Balaban J connectivity index is 2.11. The highest BCUT2D eigenvalue weighted by Gasteiger charge is 2.28. The molecule has 0 radical (unpaired) electrons. The van der Waals surface area contributed by atoms with Gasteiger partial charge in [0.1, 0.15) is 0 Å². The number of aromatic nitrogens is 1. The molecule has 2 rings (SSSR count). The quantitative estimate of drug-likeness (QED) is 0.888. The van der Waals surface area contributed by atoms with Crippen LogP contribution >= 0.6 is 0 Å². The topological polar surface area (TPSA) is 51.3 Å². The first-order chi connectivity index (χ1) is 8.54. The fourth-order valence-electron chi connectivity index (χ4n) is 2.65. The molecule has 4 heteroatoms. The van der Waals surface area contributed by atoms with Crippen LogP contribution in [0.25, 0.3) is 0 Å². The maximum Gasteiger partial charge on any atom is 0.224 e. The first kappa shape index (κ1) is 13.1. The molecule has 1 aromatic heterocycles. The van der Waals surface area contributed by atoms with Gasteiger partial charge in [0.25, 0.3) is 0 Å². The van der Waals surface area contributed by atoms with E-state index in [1.54, 1.807) is 0 Å². The lowest BCUT2D eigenvalue weighted by Crippen LogP contribution is -2.43. The minimum Gasteiger partial charge on any atom is -0.345 e. The Labute approximate surface area is 109 Å². The fraction of sp³-hybridized carbons (Fsp3) is 0.643. The Hall–Kier alpha value is -1.29. The van der Waals surface area contributed by atoms with Crippen molar-refractivity contribution in [3.63, 3.8) is 0 Å². The smallest absolute Gasteiger partial charge is 0.224 e. The molecule has 0 spiro atoms. The highest BCUT2D eigenvalue weighted by Crippen LogP contribution is 2.27. The molecule has 0 bridgehead atoms. The first-order valence-corrected chi connectivity index (χ1v) is 6.75. The van der Waals surface area contributed by atoms with Gasteiger partial charge in [-0.3, -0.25) is 4.79 Å². The van der Waals surface area contributed by atoms with Gasteiger partial charge in [0.05, 0.1) is 6.04 Å². The van der Waals surface area contributed by atoms with E-state index in [4.69, 9.17) is 5.73 Å². The second kappa shape index (κ2) is 5.14. The van der Waals surface area contributed by atoms with E-state index in [0.29, 0.717) is 6.42 Å². The van der Waals surface area contributed by atoms with E-state index in [2.05, 4.69) is 30.5 Å². The second-order valence-corrected chi connectivity index (χ2v) is 5.19. The zero-order chi connectivity index (χ0) is 13.3. The average Bonchev–Trinajstić information content (AvgIpc) is 2.72. The molecule has 0 saturated heterocycles. The van der Waals surface area contributed by atoms with E-state index in [1.165, 1.54) is 11.4 Å². The van der Waals surface area contributed by atoms with Crippen LogP contribution in [0.15, 0.2) is 12.1 Å². The van der Waals surface area contributed by atoms with Crippen LogP contribution in [-0.2, 0) is 11.3 Å². The molecule has 100 valence electrons. The van der Waals surface area contributed by atoms with Gasteiger partial charge < -0.3 is 15.2 Å². The van der Waals surface area contributed by atoms with E-state index in [0.717, 1.165) is 19.5 Å². The lowest BCUT2D eigenvalue weighted by atomic mass is 10.1. The normalized spacial score (nSPS) is 20.7. The largest absolute Gasteiger partial charge is 0.345 e. The molecule has 0 aromatic carbocycles. The third kappa shape index (κ3) is 2.29. The molecule has 0 aliphatic carbocycles. The van der Waals surface area contributed by atoms with Crippen LogP contribution in [-0.4, -0.2) is 28.0 Å². The molecule has 1 aromatic rings. The van der Waals surface area contributed by atoms with Gasteiger partial charge in [-0.2, -0.15) is 0 Å². The Morgan fingerprint density at radius 2 is 2.22 bits per heavy atom. The highest BCUT2D eigenvalue weighted by atomic mass is 16.2. The number of hydrogen-bond donors (Lipinski definition) is 1. The van der Waals surface area contributed by atoms with Gasteiger partial charge in [-0.05, 0) is 32.4 Å². The van der Waals surface area contributed by atoms with Crippen LogP contribution in [0.1, 0.15) is 44.1 Å². The number of nitrogens with zero attached hydrogens (tertiary/aromatic N) is 2. The summed E-state index contributed by atoms with van der Waals surface area (Å²) >= 11 is 0. The predicted molar refractivity (Wildman–Crippen MR) is 72.2 cm³/mol. The number of aryl methyl sites for hydroxylation is 1. The minimum absolute atomic E-state index is 0.0138. The lowest BCUT2D eigenvalue weighted by molar-refractivity contribution is -0.134. The van der Waals surface area contributed by atoms with Crippen LogP contribution in [0, 0.1) is 6.92 Å². The summed E-state index contributed by atoms with van der Waals surface area (Å²) in [5.41, 5.74) is 8.38. The van der Waals surface area contributed by atoms with Gasteiger partial charge in [-0.1, -0.05) is 6.92 Å². The van der Waals surface area contributed by atoms with Crippen molar-refractivity contribution in [2.24, 2.45) is 5.73 Å². The van der Waals surface area contributed by atoms with Gasteiger partial charge in [0.2, 0.25) is 5.91 Å². The molecular weight excluding hydrogens is 226 g/mol. The second-order valence-electron chi connectivity index (χ2n) is 5.19. The molecule has 2 unspecified atom stereocenters. The van der Waals surface area contributed by atoms with Crippen LogP contribution in [0.4, 0.5) is 0 Å². The fourth-order valence-corrected chi connectivity index (χ4v) is 2.65. The number of nitrogens with two attached hydrogens (primary N) is 1. The van der Waals surface area contributed by atoms with Crippen LogP contribution in [0.3, 0.4) is 0 Å². The average molecular weight is 249 g/mol.